The topological polar surface area (TPSA) is 51.8 Å². The van der Waals surface area contributed by atoms with Gasteiger partial charge in [0.15, 0.2) is 0 Å². The van der Waals surface area contributed by atoms with Gasteiger partial charge in [0.25, 0.3) is 0 Å². The van der Waals surface area contributed by atoms with E-state index in [0.717, 1.165) is 11.8 Å². The molecule has 0 aliphatic heterocycles. The molecule has 0 amide bonds. The molecule has 0 aliphatic rings. The van der Waals surface area contributed by atoms with Crippen molar-refractivity contribution in [2.24, 2.45) is 5.73 Å². The van der Waals surface area contributed by atoms with E-state index in [0.29, 0.717) is 18.7 Å². The van der Waals surface area contributed by atoms with Crippen LogP contribution in [0.2, 0.25) is 0 Å². The largest absolute Gasteiger partial charge is 0.330 e. The average Bonchev–Trinajstić information content (AvgIpc) is 2.31. The normalized spacial score (nSPS) is 10.5. The van der Waals surface area contributed by atoms with Crippen molar-refractivity contribution in [1.82, 2.24) is 10.2 Å². The minimum absolute atomic E-state index is 0.234. The summed E-state index contributed by atoms with van der Waals surface area (Å²) in [6, 6.07) is 6.74. The van der Waals surface area contributed by atoms with Crippen LogP contribution in [0.5, 0.6) is 0 Å². The van der Waals surface area contributed by atoms with Crippen LogP contribution in [0, 0.1) is 11.6 Å². The Morgan fingerprint density at radius 1 is 1.06 bits per heavy atom. The van der Waals surface area contributed by atoms with Gasteiger partial charge in [-0.1, -0.05) is 0 Å². The van der Waals surface area contributed by atoms with Gasteiger partial charge >= 0.3 is 0 Å². The standard InChI is InChI=1S/C12H11F2N3/c13-8-1-3-10(11(14)7-8)12-4-2-9(5-6-15)16-17-12/h1-4,7H,5-6,15H2. The number of hydrogen-bond donors (Lipinski definition) is 1. The molecule has 3 nitrogen and oxygen atoms in total. The van der Waals surface area contributed by atoms with Crippen LogP contribution in [0.25, 0.3) is 11.3 Å². The fourth-order valence-corrected chi connectivity index (χ4v) is 1.48. The predicted molar refractivity (Wildman–Crippen MR) is 60.1 cm³/mol. The predicted octanol–water partition coefficient (Wildman–Crippen LogP) is 1.92. The summed E-state index contributed by atoms with van der Waals surface area (Å²) in [7, 11) is 0. The minimum atomic E-state index is -0.647. The molecule has 2 aromatic rings. The zero-order valence-electron chi connectivity index (χ0n) is 9.03. The number of hydrogen-bond acceptors (Lipinski definition) is 3. The first kappa shape index (κ1) is 11.6. The lowest BCUT2D eigenvalue weighted by atomic mass is 10.1. The molecule has 0 spiro atoms. The quantitative estimate of drug-likeness (QED) is 0.884. The molecule has 88 valence electrons. The molecule has 17 heavy (non-hydrogen) atoms. The Morgan fingerprint density at radius 3 is 2.47 bits per heavy atom. The van der Waals surface area contributed by atoms with Gasteiger partial charge in [-0.3, -0.25) is 0 Å². The molecular formula is C12H11F2N3. The summed E-state index contributed by atoms with van der Waals surface area (Å²) >= 11 is 0. The van der Waals surface area contributed by atoms with E-state index in [9.17, 15) is 8.78 Å². The van der Waals surface area contributed by atoms with Crippen molar-refractivity contribution in [3.05, 3.63) is 47.7 Å². The van der Waals surface area contributed by atoms with E-state index in [4.69, 9.17) is 5.73 Å². The third kappa shape index (κ3) is 2.62. The maximum absolute atomic E-state index is 13.5. The zero-order valence-corrected chi connectivity index (χ0v) is 9.03. The van der Waals surface area contributed by atoms with Crippen molar-refractivity contribution in [2.45, 2.75) is 6.42 Å². The fraction of sp³-hybridized carbons (Fsp3) is 0.167. The van der Waals surface area contributed by atoms with E-state index < -0.39 is 11.6 Å². The van der Waals surface area contributed by atoms with Gasteiger partial charge in [-0.15, -0.1) is 0 Å². The van der Waals surface area contributed by atoms with Crippen molar-refractivity contribution in [3.8, 4) is 11.3 Å². The highest BCUT2D eigenvalue weighted by Crippen LogP contribution is 2.20. The van der Waals surface area contributed by atoms with Gasteiger partial charge in [-0.2, -0.15) is 10.2 Å². The second-order valence-corrected chi connectivity index (χ2v) is 3.57. The molecule has 0 saturated carbocycles. The Bertz CT molecular complexity index is 512. The Hall–Kier alpha value is -1.88. The smallest absolute Gasteiger partial charge is 0.135 e. The first-order valence-electron chi connectivity index (χ1n) is 5.19. The number of nitrogens with zero attached hydrogens (tertiary/aromatic N) is 2. The third-order valence-corrected chi connectivity index (χ3v) is 2.33. The van der Waals surface area contributed by atoms with Crippen molar-refractivity contribution in [1.29, 1.82) is 0 Å². The number of nitrogens with two attached hydrogens (primary N) is 1. The maximum atomic E-state index is 13.5. The highest BCUT2D eigenvalue weighted by atomic mass is 19.1. The molecule has 2 rings (SSSR count). The number of rotatable bonds is 3. The summed E-state index contributed by atoms with van der Waals surface area (Å²) < 4.78 is 26.2. The van der Waals surface area contributed by atoms with E-state index in [1.165, 1.54) is 12.1 Å². The lowest BCUT2D eigenvalue weighted by Crippen LogP contribution is -2.05. The summed E-state index contributed by atoms with van der Waals surface area (Å²) in [4.78, 5) is 0. The fourth-order valence-electron chi connectivity index (χ4n) is 1.48. The zero-order chi connectivity index (χ0) is 12.3. The second-order valence-electron chi connectivity index (χ2n) is 3.57. The van der Waals surface area contributed by atoms with Crippen molar-refractivity contribution in [2.75, 3.05) is 6.54 Å². The highest BCUT2D eigenvalue weighted by molar-refractivity contribution is 5.59. The Morgan fingerprint density at radius 2 is 1.88 bits per heavy atom. The van der Waals surface area contributed by atoms with Crippen LogP contribution in [0.4, 0.5) is 8.78 Å². The van der Waals surface area contributed by atoms with Crippen LogP contribution in [0.15, 0.2) is 30.3 Å². The molecule has 0 fully saturated rings. The molecule has 2 N–H and O–H groups in total. The summed E-state index contributed by atoms with van der Waals surface area (Å²) in [6.45, 7) is 0.485. The molecular weight excluding hydrogens is 224 g/mol. The summed E-state index contributed by atoms with van der Waals surface area (Å²) in [5, 5.41) is 7.81. The molecule has 1 aromatic carbocycles. The first-order chi connectivity index (χ1) is 8.20. The van der Waals surface area contributed by atoms with Gasteiger partial charge in [0.05, 0.1) is 11.4 Å². The summed E-state index contributed by atoms with van der Waals surface area (Å²) in [6.07, 6.45) is 0.624. The van der Waals surface area contributed by atoms with E-state index in [1.807, 2.05) is 0 Å². The molecule has 0 bridgehead atoms. The maximum Gasteiger partial charge on any atom is 0.135 e. The van der Waals surface area contributed by atoms with E-state index in [1.54, 1.807) is 12.1 Å². The lowest BCUT2D eigenvalue weighted by molar-refractivity contribution is 0.585. The third-order valence-electron chi connectivity index (χ3n) is 2.33. The minimum Gasteiger partial charge on any atom is -0.330 e. The van der Waals surface area contributed by atoms with Crippen LogP contribution in [0.1, 0.15) is 5.69 Å². The van der Waals surface area contributed by atoms with Gasteiger partial charge in [0, 0.05) is 18.1 Å². The molecule has 0 unspecified atom stereocenters. The summed E-state index contributed by atoms with van der Waals surface area (Å²) in [5.41, 5.74) is 6.74. The van der Waals surface area contributed by atoms with Crippen LogP contribution in [-0.2, 0) is 6.42 Å². The lowest BCUT2D eigenvalue weighted by Gasteiger charge is -2.03. The van der Waals surface area contributed by atoms with E-state index in [-0.39, 0.29) is 5.56 Å². The molecule has 5 heteroatoms. The molecule has 0 radical (unpaired) electrons. The van der Waals surface area contributed by atoms with E-state index in [2.05, 4.69) is 10.2 Å². The van der Waals surface area contributed by atoms with E-state index >= 15 is 0 Å². The van der Waals surface area contributed by atoms with Crippen LogP contribution in [0.3, 0.4) is 0 Å². The molecule has 0 saturated heterocycles. The van der Waals surface area contributed by atoms with Crippen LogP contribution in [-0.4, -0.2) is 16.7 Å². The monoisotopic (exact) mass is 235 g/mol. The number of aromatic nitrogens is 2. The van der Waals surface area contributed by atoms with Gasteiger partial charge in [0.2, 0.25) is 0 Å². The van der Waals surface area contributed by atoms with Gasteiger partial charge in [0.1, 0.15) is 11.6 Å². The molecule has 1 heterocycles. The number of benzene rings is 1. The van der Waals surface area contributed by atoms with Crippen molar-refractivity contribution >= 4 is 0 Å². The average molecular weight is 235 g/mol. The summed E-state index contributed by atoms with van der Waals surface area (Å²) in [5.74, 6) is -1.26. The Balaban J connectivity index is 2.33. The molecule has 1 aromatic heterocycles. The Kier molecular flexibility index (Phi) is 3.39. The Labute approximate surface area is 97.3 Å². The van der Waals surface area contributed by atoms with Crippen LogP contribution < -0.4 is 5.73 Å². The van der Waals surface area contributed by atoms with Gasteiger partial charge in [-0.05, 0) is 30.8 Å². The van der Waals surface area contributed by atoms with Crippen molar-refractivity contribution < 1.29 is 8.78 Å². The van der Waals surface area contributed by atoms with Crippen molar-refractivity contribution in [3.63, 3.8) is 0 Å². The second kappa shape index (κ2) is 4.97. The SMILES string of the molecule is NCCc1ccc(-c2ccc(F)cc2F)nn1. The van der Waals surface area contributed by atoms with Gasteiger partial charge in [-0.25, -0.2) is 8.78 Å². The highest BCUT2D eigenvalue weighted by Gasteiger charge is 2.08. The van der Waals surface area contributed by atoms with Crippen LogP contribution >= 0.6 is 0 Å². The molecule has 0 aliphatic carbocycles. The van der Waals surface area contributed by atoms with Gasteiger partial charge < -0.3 is 5.73 Å². The number of halogens is 2. The molecule has 0 atom stereocenters. The first-order valence-corrected chi connectivity index (χ1v) is 5.19.